The third-order valence-corrected chi connectivity index (χ3v) is 5.52. The Labute approximate surface area is 114 Å². The predicted octanol–water partition coefficient (Wildman–Crippen LogP) is 3.61. The number of fused-ring (bicyclic) bond motifs is 1. The van der Waals surface area contributed by atoms with Gasteiger partial charge in [0.25, 0.3) is 0 Å². The molecule has 17 heavy (non-hydrogen) atoms. The van der Waals surface area contributed by atoms with Gasteiger partial charge >= 0.3 is 0 Å². The molecule has 5 heteroatoms. The third kappa shape index (κ3) is 2.18. The molecule has 0 fully saturated rings. The van der Waals surface area contributed by atoms with Crippen LogP contribution in [0.3, 0.4) is 0 Å². The van der Waals surface area contributed by atoms with E-state index in [-0.39, 0.29) is 5.54 Å². The summed E-state index contributed by atoms with van der Waals surface area (Å²) < 4.78 is 1.17. The Balaban J connectivity index is 2.56. The van der Waals surface area contributed by atoms with Crippen molar-refractivity contribution in [1.82, 2.24) is 9.97 Å². The minimum absolute atomic E-state index is 0.0270. The lowest BCUT2D eigenvalue weighted by Crippen LogP contribution is -2.43. The molecule has 0 aliphatic rings. The minimum Gasteiger partial charge on any atom is -0.352 e. The van der Waals surface area contributed by atoms with Gasteiger partial charge in [-0.05, 0) is 31.7 Å². The lowest BCUT2D eigenvalue weighted by molar-refractivity contribution is 0.548. The summed E-state index contributed by atoms with van der Waals surface area (Å²) in [5.74, 6) is 1.01. The van der Waals surface area contributed by atoms with Crippen LogP contribution in [-0.2, 0) is 0 Å². The van der Waals surface area contributed by atoms with Gasteiger partial charge in [0.15, 0.2) is 0 Å². The summed E-state index contributed by atoms with van der Waals surface area (Å²) in [5, 5.41) is 3.03. The number of thiophene rings is 1. The van der Waals surface area contributed by atoms with E-state index in [2.05, 4.69) is 64.0 Å². The first-order chi connectivity index (χ1) is 7.97. The van der Waals surface area contributed by atoms with E-state index in [1.165, 1.54) is 10.3 Å². The summed E-state index contributed by atoms with van der Waals surface area (Å²) in [7, 11) is 2.08. The first-order valence-electron chi connectivity index (χ1n) is 5.46. The molecule has 2 aromatic heterocycles. The molecule has 0 N–H and O–H groups in total. The number of rotatable bonds is 3. The highest BCUT2D eigenvalue weighted by atomic mass is 79.9. The molecule has 2 aromatic rings. The van der Waals surface area contributed by atoms with Crippen LogP contribution in [0, 0.1) is 6.92 Å². The Bertz CT molecular complexity index is 536. The van der Waals surface area contributed by atoms with Gasteiger partial charge in [0, 0.05) is 17.9 Å². The molecule has 0 atom stereocenters. The van der Waals surface area contributed by atoms with Gasteiger partial charge in [0.1, 0.15) is 12.1 Å². The van der Waals surface area contributed by atoms with Crippen molar-refractivity contribution in [3.63, 3.8) is 0 Å². The first-order valence-corrected chi connectivity index (χ1v) is 7.46. The maximum Gasteiger partial charge on any atom is 0.150 e. The Morgan fingerprint density at radius 3 is 2.76 bits per heavy atom. The Kier molecular flexibility index (Phi) is 3.41. The minimum atomic E-state index is 0.0270. The fraction of sp³-hybridized carbons (Fsp3) is 0.500. The smallest absolute Gasteiger partial charge is 0.150 e. The van der Waals surface area contributed by atoms with E-state index < -0.39 is 0 Å². The highest BCUT2D eigenvalue weighted by Crippen LogP contribution is 2.33. The topological polar surface area (TPSA) is 29.0 Å². The van der Waals surface area contributed by atoms with Crippen molar-refractivity contribution in [3.05, 3.63) is 17.3 Å². The van der Waals surface area contributed by atoms with E-state index in [1.807, 2.05) is 0 Å². The van der Waals surface area contributed by atoms with E-state index in [1.54, 1.807) is 17.7 Å². The number of hydrogen-bond donors (Lipinski definition) is 0. The Morgan fingerprint density at radius 2 is 2.12 bits per heavy atom. The molecule has 0 bridgehead atoms. The number of halogens is 1. The highest BCUT2D eigenvalue weighted by Gasteiger charge is 2.25. The molecule has 0 unspecified atom stereocenters. The second-order valence-electron chi connectivity index (χ2n) is 4.80. The summed E-state index contributed by atoms with van der Waals surface area (Å²) in [6, 6.07) is 0. The van der Waals surface area contributed by atoms with Crippen LogP contribution in [0.5, 0.6) is 0 Å². The maximum absolute atomic E-state index is 4.44. The quantitative estimate of drug-likeness (QED) is 0.811. The molecule has 2 heterocycles. The van der Waals surface area contributed by atoms with Crippen molar-refractivity contribution in [2.75, 3.05) is 17.3 Å². The summed E-state index contributed by atoms with van der Waals surface area (Å²) in [5.41, 5.74) is 2.31. The van der Waals surface area contributed by atoms with Crippen molar-refractivity contribution in [2.24, 2.45) is 0 Å². The van der Waals surface area contributed by atoms with Gasteiger partial charge in [-0.25, -0.2) is 9.97 Å². The molecule has 0 amide bonds. The zero-order valence-electron chi connectivity index (χ0n) is 10.5. The van der Waals surface area contributed by atoms with Crippen LogP contribution in [-0.4, -0.2) is 27.9 Å². The summed E-state index contributed by atoms with van der Waals surface area (Å²) in [6.07, 6.45) is 1.65. The van der Waals surface area contributed by atoms with E-state index in [9.17, 15) is 0 Å². The lowest BCUT2D eigenvalue weighted by atomic mass is 10.1. The molecule has 92 valence electrons. The van der Waals surface area contributed by atoms with Crippen LogP contribution < -0.4 is 4.90 Å². The molecule has 3 nitrogen and oxygen atoms in total. The number of alkyl halides is 1. The van der Waals surface area contributed by atoms with Crippen LogP contribution >= 0.6 is 27.3 Å². The maximum atomic E-state index is 4.44. The average Bonchev–Trinajstić information content (AvgIpc) is 2.70. The molecular formula is C12H16BrN3S. The Morgan fingerprint density at radius 1 is 1.41 bits per heavy atom. The first kappa shape index (κ1) is 12.8. The van der Waals surface area contributed by atoms with Crippen LogP contribution in [0.15, 0.2) is 11.7 Å². The SMILES string of the molecule is Cc1csc2c(N(C)C(C)(C)CBr)ncnc12. The zero-order valence-corrected chi connectivity index (χ0v) is 12.9. The largest absolute Gasteiger partial charge is 0.352 e. The fourth-order valence-corrected chi connectivity index (χ4v) is 2.98. The summed E-state index contributed by atoms with van der Waals surface area (Å²) in [4.78, 5) is 11.0. The van der Waals surface area contributed by atoms with Gasteiger partial charge in [-0.2, -0.15) is 0 Å². The molecule has 0 aliphatic heterocycles. The fourth-order valence-electron chi connectivity index (χ4n) is 1.57. The van der Waals surface area contributed by atoms with Crippen LogP contribution in [0.1, 0.15) is 19.4 Å². The van der Waals surface area contributed by atoms with Crippen molar-refractivity contribution in [2.45, 2.75) is 26.3 Å². The van der Waals surface area contributed by atoms with Gasteiger partial charge in [-0.15, -0.1) is 11.3 Å². The zero-order chi connectivity index (χ0) is 12.6. The van der Waals surface area contributed by atoms with E-state index >= 15 is 0 Å². The van der Waals surface area contributed by atoms with E-state index in [0.29, 0.717) is 0 Å². The molecule has 0 saturated heterocycles. The lowest BCUT2D eigenvalue weighted by Gasteiger charge is -2.35. The van der Waals surface area contributed by atoms with Crippen molar-refractivity contribution >= 4 is 43.3 Å². The monoisotopic (exact) mass is 313 g/mol. The van der Waals surface area contributed by atoms with E-state index in [0.717, 1.165) is 16.7 Å². The van der Waals surface area contributed by atoms with Crippen molar-refractivity contribution in [1.29, 1.82) is 0 Å². The summed E-state index contributed by atoms with van der Waals surface area (Å²) >= 11 is 5.27. The normalized spacial score (nSPS) is 12.1. The molecule has 0 aromatic carbocycles. The molecule has 2 rings (SSSR count). The van der Waals surface area contributed by atoms with Gasteiger partial charge in [0.2, 0.25) is 0 Å². The van der Waals surface area contributed by atoms with Gasteiger partial charge < -0.3 is 4.90 Å². The highest BCUT2D eigenvalue weighted by molar-refractivity contribution is 9.09. The number of hydrogen-bond acceptors (Lipinski definition) is 4. The molecule has 0 radical (unpaired) electrons. The second kappa shape index (κ2) is 4.53. The van der Waals surface area contributed by atoms with Crippen LogP contribution in [0.25, 0.3) is 10.2 Å². The number of nitrogens with zero attached hydrogens (tertiary/aromatic N) is 3. The van der Waals surface area contributed by atoms with Gasteiger partial charge in [-0.1, -0.05) is 15.9 Å². The predicted molar refractivity (Wildman–Crippen MR) is 78.4 cm³/mol. The van der Waals surface area contributed by atoms with Crippen LogP contribution in [0.4, 0.5) is 5.82 Å². The van der Waals surface area contributed by atoms with Gasteiger partial charge in [0.05, 0.1) is 10.2 Å². The van der Waals surface area contributed by atoms with Crippen LogP contribution in [0.2, 0.25) is 0 Å². The number of anilines is 1. The number of aryl methyl sites for hydroxylation is 1. The molecule has 0 aliphatic carbocycles. The average molecular weight is 314 g/mol. The molecule has 0 spiro atoms. The molecular weight excluding hydrogens is 298 g/mol. The van der Waals surface area contributed by atoms with Gasteiger partial charge in [-0.3, -0.25) is 0 Å². The second-order valence-corrected chi connectivity index (χ2v) is 6.24. The van der Waals surface area contributed by atoms with E-state index in [4.69, 9.17) is 0 Å². The van der Waals surface area contributed by atoms with Crippen molar-refractivity contribution in [3.8, 4) is 0 Å². The Hall–Kier alpha value is -0.680. The third-order valence-electron chi connectivity index (χ3n) is 3.06. The number of aromatic nitrogens is 2. The summed E-state index contributed by atoms with van der Waals surface area (Å²) in [6.45, 7) is 6.47. The molecule has 0 saturated carbocycles. The van der Waals surface area contributed by atoms with Crippen molar-refractivity contribution < 1.29 is 0 Å². The standard InChI is InChI=1S/C12H16BrN3S/c1-8-5-17-10-9(8)14-7-15-11(10)16(4)12(2,3)6-13/h5,7H,6H2,1-4H3.